The van der Waals surface area contributed by atoms with E-state index in [0.717, 1.165) is 11.8 Å². The molecule has 0 bridgehead atoms. The van der Waals surface area contributed by atoms with Crippen LogP contribution in [0.15, 0.2) is 36.4 Å². The number of nitrogens with zero attached hydrogens (tertiary/aromatic N) is 1. The molecule has 8 nitrogen and oxygen atoms in total. The molecule has 0 saturated carbocycles. The van der Waals surface area contributed by atoms with E-state index in [1.807, 2.05) is 6.07 Å². The third-order valence-corrected chi connectivity index (χ3v) is 5.64. The minimum absolute atomic E-state index is 0.376. The zero-order valence-corrected chi connectivity index (χ0v) is 18.6. The second kappa shape index (κ2) is 9.66. The Bertz CT molecular complexity index is 980. The molecule has 29 heavy (non-hydrogen) atoms. The van der Waals surface area contributed by atoms with Gasteiger partial charge in [0, 0.05) is 24.8 Å². The van der Waals surface area contributed by atoms with Crippen molar-refractivity contribution >= 4 is 38.7 Å². The molecule has 0 unspecified atom stereocenters. The third kappa shape index (κ3) is 5.64. The third-order valence-electron chi connectivity index (χ3n) is 4.19. The molecule has 0 aromatic heterocycles. The summed E-state index contributed by atoms with van der Waals surface area (Å²) in [5.74, 6) is 1.63. The molecule has 2 aromatic rings. The van der Waals surface area contributed by atoms with Gasteiger partial charge in [-0.25, -0.2) is 8.42 Å². The van der Waals surface area contributed by atoms with E-state index in [4.69, 9.17) is 26.4 Å². The second-order valence-corrected chi connectivity index (χ2v) is 8.50. The number of thiocarbonyl (C=S) groups is 1. The highest BCUT2D eigenvalue weighted by atomic mass is 32.2. The molecule has 0 radical (unpaired) electrons. The number of anilines is 2. The highest BCUT2D eigenvalue weighted by molar-refractivity contribution is 7.92. The van der Waals surface area contributed by atoms with E-state index in [-0.39, 0.29) is 0 Å². The van der Waals surface area contributed by atoms with E-state index < -0.39 is 10.0 Å². The molecule has 0 heterocycles. The number of hydrogen-bond acceptors (Lipinski definition) is 6. The largest absolute Gasteiger partial charge is 0.493 e. The Morgan fingerprint density at radius 3 is 2.34 bits per heavy atom. The Morgan fingerprint density at radius 1 is 1.07 bits per heavy atom. The number of hydrogen-bond donors (Lipinski definition) is 2. The van der Waals surface area contributed by atoms with Crippen molar-refractivity contribution < 1.29 is 22.6 Å². The summed E-state index contributed by atoms with van der Waals surface area (Å²) >= 11 is 5.36. The van der Waals surface area contributed by atoms with Gasteiger partial charge in [-0.2, -0.15) is 0 Å². The summed E-state index contributed by atoms with van der Waals surface area (Å²) in [6, 6.07) is 10.6. The Kier molecular flexibility index (Phi) is 7.52. The normalized spacial score (nSPS) is 10.8. The number of sulfonamides is 1. The van der Waals surface area contributed by atoms with Gasteiger partial charge in [0.15, 0.2) is 16.6 Å². The topological polar surface area (TPSA) is 89.1 Å². The number of ether oxygens (including phenoxy) is 3. The summed E-state index contributed by atoms with van der Waals surface area (Å²) in [6.45, 7) is 0.387. The van der Waals surface area contributed by atoms with E-state index in [9.17, 15) is 8.42 Å². The smallest absolute Gasteiger partial charge is 0.231 e. The van der Waals surface area contributed by atoms with E-state index >= 15 is 0 Å². The van der Waals surface area contributed by atoms with Crippen LogP contribution in [0.1, 0.15) is 5.56 Å². The maximum absolute atomic E-state index is 11.7. The van der Waals surface area contributed by atoms with Crippen molar-refractivity contribution in [1.82, 2.24) is 5.32 Å². The zero-order valence-electron chi connectivity index (χ0n) is 17.0. The lowest BCUT2D eigenvalue weighted by Crippen LogP contribution is -2.28. The monoisotopic (exact) mass is 439 g/mol. The summed E-state index contributed by atoms with van der Waals surface area (Å²) < 4.78 is 40.8. The lowest BCUT2D eigenvalue weighted by molar-refractivity contribution is 0.322. The predicted octanol–water partition coefficient (Wildman–Crippen LogP) is 2.59. The second-order valence-electron chi connectivity index (χ2n) is 6.08. The molecule has 0 amide bonds. The minimum atomic E-state index is -3.35. The lowest BCUT2D eigenvalue weighted by Gasteiger charge is -2.19. The van der Waals surface area contributed by atoms with Gasteiger partial charge < -0.3 is 24.8 Å². The fourth-order valence-electron chi connectivity index (χ4n) is 2.62. The van der Waals surface area contributed by atoms with Crippen LogP contribution in [0.4, 0.5) is 11.4 Å². The molecule has 2 aromatic carbocycles. The molecule has 2 rings (SSSR count). The van der Waals surface area contributed by atoms with Crippen LogP contribution in [0.3, 0.4) is 0 Å². The van der Waals surface area contributed by atoms with Gasteiger partial charge in [-0.1, -0.05) is 6.07 Å². The van der Waals surface area contributed by atoms with Crippen LogP contribution in [0.5, 0.6) is 17.2 Å². The van der Waals surface area contributed by atoms with Gasteiger partial charge in [0.1, 0.15) is 0 Å². The lowest BCUT2D eigenvalue weighted by atomic mass is 10.1. The highest BCUT2D eigenvalue weighted by Gasteiger charge is 2.16. The Hall–Kier alpha value is -2.72. The maximum atomic E-state index is 11.7. The number of rotatable bonds is 8. The van der Waals surface area contributed by atoms with Crippen molar-refractivity contribution in [3.05, 3.63) is 42.0 Å². The molecule has 0 aliphatic heterocycles. The molecule has 0 aliphatic carbocycles. The fourth-order valence-corrected chi connectivity index (χ4v) is 3.31. The van der Waals surface area contributed by atoms with Gasteiger partial charge in [-0.3, -0.25) is 4.31 Å². The Balaban J connectivity index is 2.10. The van der Waals surface area contributed by atoms with Crippen LogP contribution >= 0.6 is 12.2 Å². The zero-order chi connectivity index (χ0) is 21.6. The molecule has 0 fully saturated rings. The summed E-state index contributed by atoms with van der Waals surface area (Å²) in [4.78, 5) is 0. The summed E-state index contributed by atoms with van der Waals surface area (Å²) in [5, 5.41) is 6.53. The van der Waals surface area contributed by atoms with Gasteiger partial charge in [-0.15, -0.1) is 0 Å². The van der Waals surface area contributed by atoms with Crippen LogP contribution in [0.25, 0.3) is 0 Å². The summed E-state index contributed by atoms with van der Waals surface area (Å²) in [5.41, 5.74) is 2.02. The van der Waals surface area contributed by atoms with Crippen molar-refractivity contribution in [1.29, 1.82) is 0 Å². The van der Waals surface area contributed by atoms with Crippen molar-refractivity contribution in [2.24, 2.45) is 0 Å². The number of methoxy groups -OCH3 is 3. The first kappa shape index (κ1) is 22.6. The first-order valence-corrected chi connectivity index (χ1v) is 10.8. The fraction of sp³-hybridized carbons (Fsp3) is 0.316. The van der Waals surface area contributed by atoms with E-state index in [1.54, 1.807) is 51.7 Å². The molecule has 10 heteroatoms. The number of benzene rings is 2. The van der Waals surface area contributed by atoms with Gasteiger partial charge in [0.2, 0.25) is 15.8 Å². The molecule has 0 saturated heterocycles. The van der Waals surface area contributed by atoms with Crippen LogP contribution in [-0.4, -0.2) is 48.2 Å². The van der Waals surface area contributed by atoms with Crippen LogP contribution in [0, 0.1) is 0 Å². The predicted molar refractivity (Wildman–Crippen MR) is 119 cm³/mol. The molecular formula is C19H25N3O5S2. The molecular weight excluding hydrogens is 414 g/mol. The van der Waals surface area contributed by atoms with Crippen LogP contribution < -0.4 is 29.1 Å². The first-order valence-electron chi connectivity index (χ1n) is 8.58. The maximum Gasteiger partial charge on any atom is 0.231 e. The van der Waals surface area contributed by atoms with Crippen molar-refractivity contribution in [3.63, 3.8) is 0 Å². The SMILES string of the molecule is COc1ccc(CNC(=S)Nc2cccc(N(C)S(C)(=O)=O)c2)c(OC)c1OC. The number of nitrogens with one attached hydrogen (secondary N) is 2. The summed E-state index contributed by atoms with van der Waals surface area (Å²) in [7, 11) is 2.81. The van der Waals surface area contributed by atoms with E-state index in [2.05, 4.69) is 10.6 Å². The molecule has 2 N–H and O–H groups in total. The van der Waals surface area contributed by atoms with Crippen LogP contribution in [0.2, 0.25) is 0 Å². The van der Waals surface area contributed by atoms with Crippen molar-refractivity contribution in [2.75, 3.05) is 44.3 Å². The Labute approximate surface area is 176 Å². The standard InChI is InChI=1S/C19H25N3O5S2/c1-22(29(5,23)24)15-8-6-7-14(11-15)21-19(28)20-12-13-9-10-16(25-2)18(27-4)17(13)26-3/h6-11H,12H2,1-5H3,(H2,20,21,28). The van der Waals surface area contributed by atoms with Crippen molar-refractivity contribution in [3.8, 4) is 17.2 Å². The van der Waals surface area contributed by atoms with Gasteiger partial charge >= 0.3 is 0 Å². The van der Waals surface area contributed by atoms with Gasteiger partial charge in [0.05, 0.1) is 33.3 Å². The van der Waals surface area contributed by atoms with Gasteiger partial charge in [0.25, 0.3) is 0 Å². The molecule has 0 atom stereocenters. The minimum Gasteiger partial charge on any atom is -0.493 e. The molecule has 158 valence electrons. The van der Waals surface area contributed by atoms with Crippen molar-refractivity contribution in [2.45, 2.75) is 6.54 Å². The molecule has 0 aliphatic rings. The summed E-state index contributed by atoms with van der Waals surface area (Å²) in [6.07, 6.45) is 1.15. The highest BCUT2D eigenvalue weighted by Crippen LogP contribution is 2.39. The molecule has 0 spiro atoms. The average Bonchev–Trinajstić information content (AvgIpc) is 2.70. The van der Waals surface area contributed by atoms with Gasteiger partial charge in [-0.05, 0) is 42.5 Å². The van der Waals surface area contributed by atoms with E-state index in [1.165, 1.54) is 11.4 Å². The average molecular weight is 440 g/mol. The van der Waals surface area contributed by atoms with E-state index in [0.29, 0.717) is 40.3 Å². The Morgan fingerprint density at radius 2 is 1.76 bits per heavy atom. The quantitative estimate of drug-likeness (QED) is 0.607. The first-order chi connectivity index (χ1) is 13.7. The van der Waals surface area contributed by atoms with Crippen LogP contribution in [-0.2, 0) is 16.6 Å².